The largest absolute Gasteiger partial charge is 0.334 e. The molecule has 2 atom stereocenters. The fourth-order valence-electron chi connectivity index (χ4n) is 3.65. The van der Waals surface area contributed by atoms with E-state index < -0.39 is 5.82 Å². The Morgan fingerprint density at radius 3 is 2.77 bits per heavy atom. The Hall–Kier alpha value is -0.940. The molecule has 0 spiro atoms. The van der Waals surface area contributed by atoms with Crippen molar-refractivity contribution in [2.45, 2.75) is 44.7 Å². The molecule has 5 heteroatoms. The highest BCUT2D eigenvalue weighted by molar-refractivity contribution is 9.10. The van der Waals surface area contributed by atoms with Crippen molar-refractivity contribution in [3.8, 4) is 0 Å². The van der Waals surface area contributed by atoms with Gasteiger partial charge in [0.25, 0.3) is 5.91 Å². The number of carbonyl (C=O) groups excluding carboxylic acids is 1. The maximum atomic E-state index is 14.1. The van der Waals surface area contributed by atoms with Crippen molar-refractivity contribution in [2.24, 2.45) is 0 Å². The van der Waals surface area contributed by atoms with E-state index in [1.165, 1.54) is 18.9 Å². The second kappa shape index (κ2) is 6.67. The first-order chi connectivity index (χ1) is 10.6. The summed E-state index contributed by atoms with van der Waals surface area (Å²) in [6, 6.07) is 5.48. The normalized spacial score (nSPS) is 25.9. The number of halogens is 2. The van der Waals surface area contributed by atoms with Crippen LogP contribution in [0.15, 0.2) is 22.7 Å². The third kappa shape index (κ3) is 3.20. The minimum atomic E-state index is -0.445. The summed E-state index contributed by atoms with van der Waals surface area (Å²) in [7, 11) is 0. The Kier molecular flexibility index (Phi) is 4.83. The Morgan fingerprint density at radius 1 is 1.32 bits per heavy atom. The Bertz CT molecular complexity index is 566. The zero-order valence-electron chi connectivity index (χ0n) is 12.9. The molecule has 2 saturated heterocycles. The van der Waals surface area contributed by atoms with Crippen molar-refractivity contribution < 1.29 is 9.18 Å². The second-order valence-corrected chi connectivity index (χ2v) is 7.32. The van der Waals surface area contributed by atoms with Crippen LogP contribution in [0.2, 0.25) is 0 Å². The molecule has 3 rings (SSSR count). The van der Waals surface area contributed by atoms with Crippen molar-refractivity contribution in [2.75, 3.05) is 19.6 Å². The summed E-state index contributed by atoms with van der Waals surface area (Å²) in [6.45, 7) is 5.03. The van der Waals surface area contributed by atoms with Crippen LogP contribution in [0.25, 0.3) is 0 Å². The number of carbonyl (C=O) groups is 1. The summed E-state index contributed by atoms with van der Waals surface area (Å²) in [5.74, 6) is -0.612. The maximum Gasteiger partial charge on any atom is 0.257 e. The van der Waals surface area contributed by atoms with Gasteiger partial charge >= 0.3 is 0 Å². The Balaban J connectivity index is 1.73. The molecule has 2 unspecified atom stereocenters. The van der Waals surface area contributed by atoms with Crippen molar-refractivity contribution in [1.29, 1.82) is 0 Å². The molecule has 1 aromatic carbocycles. The molecule has 0 aromatic heterocycles. The third-order valence-corrected chi connectivity index (χ3v) is 5.43. The molecule has 1 aromatic rings. The van der Waals surface area contributed by atoms with Gasteiger partial charge in [-0.25, -0.2) is 4.39 Å². The van der Waals surface area contributed by atoms with Crippen LogP contribution in [-0.2, 0) is 0 Å². The van der Waals surface area contributed by atoms with Crippen molar-refractivity contribution in [3.63, 3.8) is 0 Å². The van der Waals surface area contributed by atoms with Gasteiger partial charge in [-0.15, -0.1) is 0 Å². The molecule has 0 N–H and O–H groups in total. The van der Waals surface area contributed by atoms with E-state index in [4.69, 9.17) is 0 Å². The lowest BCUT2D eigenvalue weighted by atomic mass is 10.1. The Labute approximate surface area is 139 Å². The predicted molar refractivity (Wildman–Crippen MR) is 88.4 cm³/mol. The molecule has 22 heavy (non-hydrogen) atoms. The molecule has 2 aliphatic rings. The minimum Gasteiger partial charge on any atom is -0.334 e. The molecule has 0 aliphatic carbocycles. The van der Waals surface area contributed by atoms with Gasteiger partial charge in [0.05, 0.1) is 5.56 Å². The molecule has 1 amide bonds. The fraction of sp³-hybridized carbons (Fsp3) is 0.588. The van der Waals surface area contributed by atoms with Crippen molar-refractivity contribution >= 4 is 21.8 Å². The van der Waals surface area contributed by atoms with E-state index in [9.17, 15) is 9.18 Å². The van der Waals surface area contributed by atoms with E-state index in [1.807, 2.05) is 4.90 Å². The lowest BCUT2D eigenvalue weighted by Crippen LogP contribution is -2.44. The molecule has 0 bridgehead atoms. The van der Waals surface area contributed by atoms with Crippen LogP contribution in [-0.4, -0.2) is 47.4 Å². The zero-order valence-corrected chi connectivity index (χ0v) is 14.5. The van der Waals surface area contributed by atoms with E-state index in [0.717, 1.165) is 32.5 Å². The number of hydrogen-bond acceptors (Lipinski definition) is 2. The van der Waals surface area contributed by atoms with Gasteiger partial charge in [-0.2, -0.15) is 0 Å². The van der Waals surface area contributed by atoms with Crippen LogP contribution in [0, 0.1) is 5.82 Å². The van der Waals surface area contributed by atoms with Gasteiger partial charge in [0.2, 0.25) is 0 Å². The molecule has 2 fully saturated rings. The van der Waals surface area contributed by atoms with Crippen LogP contribution < -0.4 is 0 Å². The summed E-state index contributed by atoms with van der Waals surface area (Å²) in [6.07, 6.45) is 4.51. The van der Waals surface area contributed by atoms with Gasteiger partial charge < -0.3 is 4.90 Å². The first kappa shape index (κ1) is 15.9. The number of likely N-dealkylation sites (tertiary alicyclic amines) is 2. The van der Waals surface area contributed by atoms with Crippen LogP contribution in [0.1, 0.15) is 43.0 Å². The van der Waals surface area contributed by atoms with Crippen molar-refractivity contribution in [3.05, 3.63) is 34.1 Å². The topological polar surface area (TPSA) is 23.6 Å². The molecule has 0 radical (unpaired) electrons. The number of amides is 1. The lowest BCUT2D eigenvalue weighted by Gasteiger charge is -2.31. The second-order valence-electron chi connectivity index (χ2n) is 6.40. The van der Waals surface area contributed by atoms with Crippen molar-refractivity contribution in [1.82, 2.24) is 9.80 Å². The number of nitrogens with zero attached hydrogens (tertiary/aromatic N) is 2. The van der Waals surface area contributed by atoms with E-state index >= 15 is 0 Å². The van der Waals surface area contributed by atoms with E-state index in [-0.39, 0.29) is 17.5 Å². The Morgan fingerprint density at radius 2 is 2.09 bits per heavy atom. The lowest BCUT2D eigenvalue weighted by molar-refractivity contribution is 0.0692. The first-order valence-electron chi connectivity index (χ1n) is 8.06. The van der Waals surface area contributed by atoms with Gasteiger partial charge in [-0.3, -0.25) is 9.69 Å². The highest BCUT2D eigenvalue weighted by Crippen LogP contribution is 2.26. The van der Waals surface area contributed by atoms with Crippen LogP contribution in [0.4, 0.5) is 4.39 Å². The van der Waals surface area contributed by atoms with Gasteiger partial charge in [0, 0.05) is 29.6 Å². The first-order valence-corrected chi connectivity index (χ1v) is 8.85. The minimum absolute atomic E-state index is 0.167. The van der Waals surface area contributed by atoms with E-state index in [0.29, 0.717) is 10.5 Å². The molecule has 0 saturated carbocycles. The van der Waals surface area contributed by atoms with E-state index in [1.54, 1.807) is 12.1 Å². The van der Waals surface area contributed by atoms with E-state index in [2.05, 4.69) is 27.8 Å². The highest BCUT2D eigenvalue weighted by atomic mass is 79.9. The standard InChI is InChI=1S/C17H22BrFN2O/c1-12-4-2-8-20(12)11-14-5-3-9-21(14)17(22)15-7-6-13(18)10-16(15)19/h6-7,10,12,14H,2-5,8-9,11H2,1H3. The summed E-state index contributed by atoms with van der Waals surface area (Å²) in [5, 5.41) is 0. The van der Waals surface area contributed by atoms with Gasteiger partial charge in [0.15, 0.2) is 0 Å². The molecule has 2 aliphatic heterocycles. The molecule has 120 valence electrons. The average molecular weight is 369 g/mol. The monoisotopic (exact) mass is 368 g/mol. The smallest absolute Gasteiger partial charge is 0.257 e. The third-order valence-electron chi connectivity index (χ3n) is 4.94. The summed E-state index contributed by atoms with van der Waals surface area (Å²) in [4.78, 5) is 17.0. The highest BCUT2D eigenvalue weighted by Gasteiger charge is 2.33. The quantitative estimate of drug-likeness (QED) is 0.812. The van der Waals surface area contributed by atoms with Crippen LogP contribution >= 0.6 is 15.9 Å². The van der Waals surface area contributed by atoms with Gasteiger partial charge in [-0.1, -0.05) is 15.9 Å². The summed E-state index contributed by atoms with van der Waals surface area (Å²) >= 11 is 3.23. The number of hydrogen-bond donors (Lipinski definition) is 0. The van der Waals surface area contributed by atoms with Crippen LogP contribution in [0.5, 0.6) is 0 Å². The number of rotatable bonds is 3. The molecular weight excluding hydrogens is 347 g/mol. The van der Waals surface area contributed by atoms with Crippen LogP contribution in [0.3, 0.4) is 0 Å². The fourth-order valence-corrected chi connectivity index (χ4v) is 3.98. The van der Waals surface area contributed by atoms with Gasteiger partial charge in [-0.05, 0) is 57.4 Å². The summed E-state index contributed by atoms with van der Waals surface area (Å²) < 4.78 is 14.7. The number of benzene rings is 1. The molecular formula is C17H22BrFN2O. The predicted octanol–water partition coefficient (Wildman–Crippen LogP) is 3.68. The average Bonchev–Trinajstić information content (AvgIpc) is 3.09. The summed E-state index contributed by atoms with van der Waals surface area (Å²) in [5.41, 5.74) is 0.185. The molecule has 2 heterocycles. The SMILES string of the molecule is CC1CCCN1CC1CCCN1C(=O)c1ccc(Br)cc1F. The molecule has 3 nitrogen and oxygen atoms in total. The zero-order chi connectivity index (χ0) is 15.7. The maximum absolute atomic E-state index is 14.1. The van der Waals surface area contributed by atoms with Gasteiger partial charge in [0.1, 0.15) is 5.82 Å².